The molecule has 1 amide bonds. The van der Waals surface area contributed by atoms with Crippen LogP contribution in [-0.2, 0) is 14.3 Å². The van der Waals surface area contributed by atoms with Gasteiger partial charge in [-0.25, -0.2) is 9.59 Å². The van der Waals surface area contributed by atoms with Gasteiger partial charge >= 0.3 is 11.9 Å². The second kappa shape index (κ2) is 9.83. The van der Waals surface area contributed by atoms with Crippen LogP contribution in [0.4, 0.5) is 17.1 Å². The van der Waals surface area contributed by atoms with E-state index in [1.54, 1.807) is 12.1 Å². The van der Waals surface area contributed by atoms with Crippen molar-refractivity contribution >= 4 is 34.9 Å². The number of para-hydroxylation sites is 2. The molecule has 0 unspecified atom stereocenters. The maximum absolute atomic E-state index is 12.3. The smallest absolute Gasteiger partial charge is 0.339 e. The van der Waals surface area contributed by atoms with Crippen LogP contribution in [0.3, 0.4) is 0 Å². The van der Waals surface area contributed by atoms with Crippen LogP contribution in [0.15, 0.2) is 42.5 Å². The molecule has 10 heteroatoms. The summed E-state index contributed by atoms with van der Waals surface area (Å²) < 4.78 is 9.31. The maximum Gasteiger partial charge on any atom is 0.339 e. The zero-order valence-electron chi connectivity index (χ0n) is 15.8. The Hall–Kier alpha value is -3.95. The predicted octanol–water partition coefficient (Wildman–Crippen LogP) is 2.61. The monoisotopic (exact) mass is 401 g/mol. The van der Waals surface area contributed by atoms with Crippen LogP contribution in [0.25, 0.3) is 0 Å². The van der Waals surface area contributed by atoms with Gasteiger partial charge < -0.3 is 20.1 Å². The summed E-state index contributed by atoms with van der Waals surface area (Å²) in [4.78, 5) is 46.4. The van der Waals surface area contributed by atoms with Gasteiger partial charge in [-0.3, -0.25) is 14.9 Å². The summed E-state index contributed by atoms with van der Waals surface area (Å²) in [5.74, 6) is -1.78. The number of nitrogens with zero attached hydrogens (tertiary/aromatic N) is 1. The van der Waals surface area contributed by atoms with Crippen molar-refractivity contribution in [3.8, 4) is 0 Å². The third-order valence-corrected chi connectivity index (χ3v) is 3.89. The fourth-order valence-electron chi connectivity index (χ4n) is 2.49. The number of nitro groups is 1. The summed E-state index contributed by atoms with van der Waals surface area (Å²) in [6.07, 6.45) is -0.0465. The molecule has 0 aliphatic carbocycles. The zero-order chi connectivity index (χ0) is 21.4. The van der Waals surface area contributed by atoms with Gasteiger partial charge in [-0.1, -0.05) is 12.1 Å². The van der Waals surface area contributed by atoms with E-state index in [2.05, 4.69) is 20.1 Å². The molecule has 0 bridgehead atoms. The minimum Gasteiger partial charge on any atom is -0.465 e. The molecule has 0 saturated carbocycles. The lowest BCUT2D eigenvalue weighted by molar-refractivity contribution is -0.384. The number of ether oxygens (including phenoxy) is 2. The van der Waals surface area contributed by atoms with Crippen LogP contribution in [0.2, 0.25) is 0 Å². The minimum atomic E-state index is -0.685. The zero-order valence-corrected chi connectivity index (χ0v) is 15.8. The van der Waals surface area contributed by atoms with E-state index in [-0.39, 0.29) is 41.2 Å². The lowest BCUT2D eigenvalue weighted by atomic mass is 10.1. The summed E-state index contributed by atoms with van der Waals surface area (Å²) in [7, 11) is 2.40. The number of rotatable bonds is 8. The van der Waals surface area contributed by atoms with Gasteiger partial charge in [0, 0.05) is 19.0 Å². The van der Waals surface area contributed by atoms with Crippen molar-refractivity contribution in [2.75, 3.05) is 31.4 Å². The molecule has 0 spiro atoms. The van der Waals surface area contributed by atoms with Gasteiger partial charge in [0.05, 0.1) is 36.0 Å². The van der Waals surface area contributed by atoms with E-state index in [9.17, 15) is 24.5 Å². The first-order valence-corrected chi connectivity index (χ1v) is 8.45. The number of esters is 2. The molecule has 0 radical (unpaired) electrons. The third-order valence-electron chi connectivity index (χ3n) is 3.89. The normalized spacial score (nSPS) is 10.0. The van der Waals surface area contributed by atoms with Crippen molar-refractivity contribution < 1.29 is 28.8 Å². The van der Waals surface area contributed by atoms with E-state index >= 15 is 0 Å². The number of nitrogens with one attached hydrogen (secondary N) is 2. The SMILES string of the molecule is COC(=O)c1ccc(C(=O)OC)c(NC(=O)CCNc2ccccc2[N+](=O)[O-])c1. The van der Waals surface area contributed by atoms with E-state index in [4.69, 9.17) is 0 Å². The standard InChI is InChI=1S/C19H19N3O7/c1-28-18(24)12-7-8-13(19(25)29-2)15(11-12)21-17(23)9-10-20-14-5-3-4-6-16(14)22(26)27/h3-8,11,20H,9-10H2,1-2H3,(H,21,23). The van der Waals surface area contributed by atoms with Crippen LogP contribution in [0, 0.1) is 10.1 Å². The first-order valence-electron chi connectivity index (χ1n) is 8.45. The molecule has 29 heavy (non-hydrogen) atoms. The van der Waals surface area contributed by atoms with Crippen molar-refractivity contribution in [2.45, 2.75) is 6.42 Å². The molecule has 152 valence electrons. The Morgan fingerprint density at radius 2 is 1.69 bits per heavy atom. The number of hydrogen-bond donors (Lipinski definition) is 2. The Bertz CT molecular complexity index is 943. The van der Waals surface area contributed by atoms with E-state index in [0.29, 0.717) is 0 Å². The Balaban J connectivity index is 2.08. The lowest BCUT2D eigenvalue weighted by Crippen LogP contribution is -2.19. The number of benzene rings is 2. The minimum absolute atomic E-state index is 0.0465. The van der Waals surface area contributed by atoms with Crippen molar-refractivity contribution in [2.24, 2.45) is 0 Å². The second-order valence-electron chi connectivity index (χ2n) is 5.74. The van der Waals surface area contributed by atoms with E-state index in [0.717, 1.165) is 0 Å². The molecule has 0 fully saturated rings. The third kappa shape index (κ3) is 5.51. The molecular weight excluding hydrogens is 382 g/mol. The summed E-state index contributed by atoms with van der Waals surface area (Å²) in [6.45, 7) is 0.112. The molecular formula is C19H19N3O7. The number of nitro benzene ring substituents is 1. The van der Waals surface area contributed by atoms with Crippen molar-refractivity contribution in [3.05, 3.63) is 63.7 Å². The van der Waals surface area contributed by atoms with Crippen LogP contribution in [0.5, 0.6) is 0 Å². The highest BCUT2D eigenvalue weighted by Gasteiger charge is 2.18. The van der Waals surface area contributed by atoms with E-state index in [1.807, 2.05) is 0 Å². The first kappa shape index (κ1) is 21.4. The van der Waals surface area contributed by atoms with Crippen LogP contribution in [-0.4, -0.2) is 43.5 Å². The van der Waals surface area contributed by atoms with E-state index in [1.165, 1.54) is 44.6 Å². The number of anilines is 2. The number of hydrogen-bond acceptors (Lipinski definition) is 8. The number of carbonyl (C=O) groups is 3. The van der Waals surface area contributed by atoms with Gasteiger partial charge in [0.15, 0.2) is 0 Å². The number of methoxy groups -OCH3 is 2. The van der Waals surface area contributed by atoms with Crippen LogP contribution in [0.1, 0.15) is 27.1 Å². The molecule has 10 nitrogen and oxygen atoms in total. The number of amides is 1. The largest absolute Gasteiger partial charge is 0.465 e. The van der Waals surface area contributed by atoms with Gasteiger partial charge in [-0.05, 0) is 24.3 Å². The molecule has 2 aromatic rings. The van der Waals surface area contributed by atoms with Gasteiger partial charge in [0.1, 0.15) is 5.69 Å². The fourth-order valence-corrected chi connectivity index (χ4v) is 2.49. The van der Waals surface area contributed by atoms with Gasteiger partial charge in [0.25, 0.3) is 5.69 Å². The molecule has 0 aliphatic heterocycles. The second-order valence-corrected chi connectivity index (χ2v) is 5.74. The van der Waals surface area contributed by atoms with E-state index < -0.39 is 22.8 Å². The number of carbonyl (C=O) groups excluding carboxylic acids is 3. The molecule has 0 saturated heterocycles. The van der Waals surface area contributed by atoms with Crippen molar-refractivity contribution in [3.63, 3.8) is 0 Å². The lowest BCUT2D eigenvalue weighted by Gasteiger charge is -2.12. The van der Waals surface area contributed by atoms with Gasteiger partial charge in [-0.2, -0.15) is 0 Å². The van der Waals surface area contributed by atoms with Gasteiger partial charge in [-0.15, -0.1) is 0 Å². The van der Waals surface area contributed by atoms with Crippen LogP contribution >= 0.6 is 0 Å². The molecule has 2 rings (SSSR count). The Labute approximate surface area is 166 Å². The maximum atomic E-state index is 12.3. The quantitative estimate of drug-likeness (QED) is 0.391. The van der Waals surface area contributed by atoms with Crippen molar-refractivity contribution in [1.29, 1.82) is 0 Å². The average molecular weight is 401 g/mol. The molecule has 0 aliphatic rings. The van der Waals surface area contributed by atoms with Crippen molar-refractivity contribution in [1.82, 2.24) is 0 Å². The molecule has 2 aromatic carbocycles. The molecule has 0 aromatic heterocycles. The predicted molar refractivity (Wildman–Crippen MR) is 104 cm³/mol. The Morgan fingerprint density at radius 1 is 1.00 bits per heavy atom. The topological polar surface area (TPSA) is 137 Å². The van der Waals surface area contributed by atoms with Crippen LogP contribution < -0.4 is 10.6 Å². The Morgan fingerprint density at radius 3 is 2.34 bits per heavy atom. The Kier molecular flexibility index (Phi) is 7.24. The fraction of sp³-hybridized carbons (Fsp3) is 0.211. The first-order chi connectivity index (χ1) is 13.9. The summed E-state index contributed by atoms with van der Waals surface area (Å²) in [6, 6.07) is 10.1. The summed E-state index contributed by atoms with van der Waals surface area (Å²) in [5.41, 5.74) is 0.490. The molecule has 0 atom stereocenters. The average Bonchev–Trinajstić information content (AvgIpc) is 2.72. The summed E-state index contributed by atoms with van der Waals surface area (Å²) >= 11 is 0. The highest BCUT2D eigenvalue weighted by atomic mass is 16.6. The molecule has 0 heterocycles. The molecule has 2 N–H and O–H groups in total. The highest BCUT2D eigenvalue weighted by Crippen LogP contribution is 2.23. The summed E-state index contributed by atoms with van der Waals surface area (Å²) in [5, 5.41) is 16.4. The van der Waals surface area contributed by atoms with Gasteiger partial charge in [0.2, 0.25) is 5.91 Å². The highest BCUT2D eigenvalue weighted by molar-refractivity contribution is 6.03.